The molecule has 4 nitrogen and oxygen atoms in total. The zero-order valence-electron chi connectivity index (χ0n) is 6.44. The van der Waals surface area contributed by atoms with Crippen molar-refractivity contribution in [3.63, 3.8) is 0 Å². The minimum Gasteiger partial charge on any atom is -0.508 e. The predicted octanol–water partition coefficient (Wildman–Crippen LogP) is 1.61. The fraction of sp³-hybridized carbons (Fsp3) is 0.125. The minimum absolute atomic E-state index is 0.0949. The number of nitroso groups, excluding NO2 is 1. The van der Waals surface area contributed by atoms with E-state index < -0.39 is 5.91 Å². The van der Waals surface area contributed by atoms with Crippen molar-refractivity contribution in [2.24, 2.45) is 5.18 Å². The van der Waals surface area contributed by atoms with Gasteiger partial charge in [-0.15, -0.1) is 4.91 Å². The summed E-state index contributed by atoms with van der Waals surface area (Å²) in [6, 6.07) is 4.12. The number of aryl methyl sites for hydroxylation is 1. The van der Waals surface area contributed by atoms with E-state index >= 15 is 0 Å². The second-order valence-corrected chi connectivity index (χ2v) is 2.40. The number of phenolic OH excluding ortho intramolecular Hbond substituents is 1. The molecule has 1 N–H and O–H groups in total. The van der Waals surface area contributed by atoms with Crippen LogP contribution in [0.4, 0.5) is 0 Å². The molecule has 0 atom stereocenters. The molecule has 0 spiro atoms. The fourth-order valence-electron chi connectivity index (χ4n) is 0.841. The molecule has 0 saturated carbocycles. The molecule has 0 fully saturated rings. The number of hydrogen-bond acceptors (Lipinski definition) is 3. The Balaban J connectivity index is 3.13. The van der Waals surface area contributed by atoms with E-state index in [0.717, 1.165) is 0 Å². The van der Waals surface area contributed by atoms with Crippen LogP contribution in [0.2, 0.25) is 0 Å². The van der Waals surface area contributed by atoms with Gasteiger partial charge < -0.3 is 5.11 Å². The van der Waals surface area contributed by atoms with Crippen LogP contribution in [0, 0.1) is 11.8 Å². The van der Waals surface area contributed by atoms with Gasteiger partial charge in [0.05, 0.1) is 0 Å². The Labute approximate surface area is 68.8 Å². The average molecular weight is 165 g/mol. The van der Waals surface area contributed by atoms with Gasteiger partial charge in [-0.3, -0.25) is 4.79 Å². The molecule has 0 unspecified atom stereocenters. The molecular weight excluding hydrogens is 158 g/mol. The highest BCUT2D eigenvalue weighted by Gasteiger charge is 2.06. The molecule has 0 bridgehead atoms. The van der Waals surface area contributed by atoms with Crippen molar-refractivity contribution in [2.75, 3.05) is 0 Å². The van der Waals surface area contributed by atoms with Gasteiger partial charge in [0.1, 0.15) is 5.75 Å². The van der Waals surface area contributed by atoms with Crippen LogP contribution in [0.15, 0.2) is 23.4 Å². The first kappa shape index (κ1) is 8.39. The van der Waals surface area contributed by atoms with Crippen molar-refractivity contribution in [3.05, 3.63) is 34.2 Å². The average Bonchev–Trinajstić information content (AvgIpc) is 2.08. The zero-order valence-corrected chi connectivity index (χ0v) is 6.44. The third-order valence-electron chi connectivity index (χ3n) is 1.53. The molecule has 0 radical (unpaired) electrons. The number of benzene rings is 1. The standard InChI is InChI=1S/C8H7NO3/c1-5-4-6(8(11)9-12)2-3-7(5)10/h2-4,10H,1H3. The molecule has 12 heavy (non-hydrogen) atoms. The van der Waals surface area contributed by atoms with Gasteiger partial charge in [-0.1, -0.05) is 0 Å². The molecule has 1 aromatic carbocycles. The third-order valence-corrected chi connectivity index (χ3v) is 1.53. The lowest BCUT2D eigenvalue weighted by Gasteiger charge is -1.98. The number of amides is 1. The Hall–Kier alpha value is -1.71. The predicted molar refractivity (Wildman–Crippen MR) is 43.0 cm³/mol. The first-order valence-electron chi connectivity index (χ1n) is 3.32. The van der Waals surface area contributed by atoms with Crippen molar-refractivity contribution < 1.29 is 9.90 Å². The Morgan fingerprint density at radius 3 is 2.67 bits per heavy atom. The number of hydrogen-bond donors (Lipinski definition) is 1. The summed E-state index contributed by atoms with van der Waals surface area (Å²) in [5, 5.41) is 11.3. The molecule has 0 aliphatic carbocycles. The molecule has 0 aromatic heterocycles. The molecule has 0 saturated heterocycles. The number of nitrogens with zero attached hydrogens (tertiary/aromatic N) is 1. The smallest absolute Gasteiger partial charge is 0.316 e. The number of carbonyl (C=O) groups is 1. The summed E-state index contributed by atoms with van der Waals surface area (Å²) in [7, 11) is 0. The van der Waals surface area contributed by atoms with Crippen molar-refractivity contribution in [1.82, 2.24) is 0 Å². The highest BCUT2D eigenvalue weighted by molar-refractivity contribution is 5.95. The summed E-state index contributed by atoms with van der Waals surface area (Å²) in [6.07, 6.45) is 0. The minimum atomic E-state index is -0.821. The van der Waals surface area contributed by atoms with Gasteiger partial charge in [-0.2, -0.15) is 0 Å². The van der Waals surface area contributed by atoms with Gasteiger partial charge in [0.15, 0.2) is 0 Å². The van der Waals surface area contributed by atoms with Crippen LogP contribution < -0.4 is 0 Å². The van der Waals surface area contributed by atoms with Crippen LogP contribution >= 0.6 is 0 Å². The van der Waals surface area contributed by atoms with Crippen LogP contribution in [0.5, 0.6) is 5.75 Å². The number of phenols is 1. The lowest BCUT2D eigenvalue weighted by atomic mass is 10.1. The first-order valence-corrected chi connectivity index (χ1v) is 3.32. The highest BCUT2D eigenvalue weighted by Crippen LogP contribution is 2.17. The molecule has 0 heterocycles. The Kier molecular flexibility index (Phi) is 2.19. The SMILES string of the molecule is Cc1cc(C(=O)N=O)ccc1O. The molecule has 62 valence electrons. The maximum Gasteiger partial charge on any atom is 0.316 e. The van der Waals surface area contributed by atoms with Gasteiger partial charge in [-0.25, -0.2) is 0 Å². The molecule has 4 heteroatoms. The van der Waals surface area contributed by atoms with Crippen LogP contribution in [0.25, 0.3) is 0 Å². The number of rotatable bonds is 1. The van der Waals surface area contributed by atoms with Gasteiger partial charge in [0.25, 0.3) is 0 Å². The van der Waals surface area contributed by atoms with Crippen molar-refractivity contribution in [3.8, 4) is 5.75 Å². The highest BCUT2D eigenvalue weighted by atomic mass is 16.3. The van der Waals surface area contributed by atoms with E-state index in [1.165, 1.54) is 18.2 Å². The molecule has 1 aromatic rings. The van der Waals surface area contributed by atoms with E-state index in [1.807, 2.05) is 0 Å². The molecule has 1 amide bonds. The molecule has 1 rings (SSSR count). The number of carbonyl (C=O) groups excluding carboxylic acids is 1. The molecule has 0 aliphatic rings. The van der Waals surface area contributed by atoms with Crippen molar-refractivity contribution in [2.45, 2.75) is 6.92 Å². The van der Waals surface area contributed by atoms with Gasteiger partial charge in [0, 0.05) is 10.7 Å². The summed E-state index contributed by atoms with van der Waals surface area (Å²) in [5.41, 5.74) is 0.741. The summed E-state index contributed by atoms with van der Waals surface area (Å²) in [4.78, 5) is 20.6. The summed E-state index contributed by atoms with van der Waals surface area (Å²) < 4.78 is 0. The van der Waals surface area contributed by atoms with Gasteiger partial charge in [0.2, 0.25) is 0 Å². The van der Waals surface area contributed by atoms with Gasteiger partial charge >= 0.3 is 5.91 Å². The lowest BCUT2D eigenvalue weighted by Crippen LogP contribution is -1.93. The Bertz CT molecular complexity index is 333. The third kappa shape index (κ3) is 1.47. The normalized spacial score (nSPS) is 9.42. The van der Waals surface area contributed by atoms with E-state index in [4.69, 9.17) is 5.11 Å². The van der Waals surface area contributed by atoms with Crippen molar-refractivity contribution >= 4 is 5.91 Å². The summed E-state index contributed by atoms with van der Waals surface area (Å²) in [6.45, 7) is 1.64. The largest absolute Gasteiger partial charge is 0.508 e. The Morgan fingerprint density at radius 2 is 2.17 bits per heavy atom. The monoisotopic (exact) mass is 165 g/mol. The second kappa shape index (κ2) is 3.13. The maximum atomic E-state index is 10.7. The molecule has 0 aliphatic heterocycles. The quantitative estimate of drug-likeness (QED) is 0.642. The Morgan fingerprint density at radius 1 is 1.50 bits per heavy atom. The zero-order chi connectivity index (χ0) is 9.14. The maximum absolute atomic E-state index is 10.7. The van der Waals surface area contributed by atoms with E-state index in [9.17, 15) is 9.70 Å². The molecular formula is C8H7NO3. The fourth-order valence-corrected chi connectivity index (χ4v) is 0.841. The summed E-state index contributed by atoms with van der Waals surface area (Å²) >= 11 is 0. The van der Waals surface area contributed by atoms with Crippen LogP contribution in [-0.2, 0) is 0 Å². The van der Waals surface area contributed by atoms with E-state index in [2.05, 4.69) is 5.18 Å². The van der Waals surface area contributed by atoms with Crippen LogP contribution in [0.1, 0.15) is 15.9 Å². The van der Waals surface area contributed by atoms with E-state index in [0.29, 0.717) is 5.56 Å². The van der Waals surface area contributed by atoms with Crippen LogP contribution in [0.3, 0.4) is 0 Å². The lowest BCUT2D eigenvalue weighted by molar-refractivity contribution is 0.100. The number of aromatic hydroxyl groups is 1. The second-order valence-electron chi connectivity index (χ2n) is 2.40. The topological polar surface area (TPSA) is 66.7 Å². The van der Waals surface area contributed by atoms with E-state index in [-0.39, 0.29) is 11.3 Å². The van der Waals surface area contributed by atoms with Gasteiger partial charge in [-0.05, 0) is 30.7 Å². The summed E-state index contributed by atoms with van der Waals surface area (Å²) in [5.74, 6) is -0.726. The first-order chi connectivity index (χ1) is 5.65. The van der Waals surface area contributed by atoms with Crippen molar-refractivity contribution in [1.29, 1.82) is 0 Å². The van der Waals surface area contributed by atoms with E-state index in [1.54, 1.807) is 6.92 Å². The van der Waals surface area contributed by atoms with Crippen LogP contribution in [-0.4, -0.2) is 11.0 Å².